The lowest BCUT2D eigenvalue weighted by Gasteiger charge is -2.11. The molecule has 0 saturated carbocycles. The van der Waals surface area contributed by atoms with Gasteiger partial charge in [0.1, 0.15) is 17.1 Å². The van der Waals surface area contributed by atoms with Crippen LogP contribution in [0.3, 0.4) is 0 Å². The third-order valence-corrected chi connectivity index (χ3v) is 4.51. The van der Waals surface area contributed by atoms with Crippen molar-refractivity contribution in [3.05, 3.63) is 79.6 Å². The van der Waals surface area contributed by atoms with Gasteiger partial charge in [-0.3, -0.25) is 19.3 Å². The molecule has 0 radical (unpaired) electrons. The second-order valence-electron chi connectivity index (χ2n) is 5.75. The van der Waals surface area contributed by atoms with Gasteiger partial charge in [-0.15, -0.1) is 0 Å². The number of rotatable bonds is 5. The summed E-state index contributed by atoms with van der Waals surface area (Å²) in [6, 6.07) is 11.1. The van der Waals surface area contributed by atoms with Crippen LogP contribution in [0.25, 0.3) is 5.69 Å². The zero-order chi connectivity index (χ0) is 20.3. The zero-order valence-corrected chi connectivity index (χ0v) is 16.2. The number of halogens is 2. The highest BCUT2D eigenvalue weighted by molar-refractivity contribution is 7.71. The maximum absolute atomic E-state index is 13.4. The number of H-pyrrole nitrogens is 1. The molecule has 6 nitrogen and oxygen atoms in total. The van der Waals surface area contributed by atoms with E-state index in [0.717, 1.165) is 17.4 Å². The molecule has 0 aliphatic rings. The van der Waals surface area contributed by atoms with E-state index in [0.29, 0.717) is 12.2 Å². The minimum absolute atomic E-state index is 0.0579. The third kappa shape index (κ3) is 4.13. The number of aromatic nitrogens is 2. The Morgan fingerprint density at radius 2 is 2.04 bits per heavy atom. The molecule has 2 N–H and O–H groups in total. The summed E-state index contributed by atoms with van der Waals surface area (Å²) in [7, 11) is 1.58. The number of aromatic hydroxyl groups is 1. The smallest absolute Gasteiger partial charge is 0.264 e. The molecule has 3 aromatic rings. The highest BCUT2D eigenvalue weighted by Gasteiger charge is 2.13. The van der Waals surface area contributed by atoms with E-state index in [1.807, 2.05) is 12.1 Å². The maximum Gasteiger partial charge on any atom is 0.264 e. The van der Waals surface area contributed by atoms with Gasteiger partial charge >= 0.3 is 0 Å². The Hall–Kier alpha value is -2.97. The number of nitrogens with zero attached hydrogens (tertiary/aromatic N) is 2. The Morgan fingerprint density at radius 1 is 1.32 bits per heavy atom. The van der Waals surface area contributed by atoms with Crippen molar-refractivity contribution in [1.82, 2.24) is 9.55 Å². The normalized spacial score (nSPS) is 11.1. The van der Waals surface area contributed by atoms with Gasteiger partial charge in [0.25, 0.3) is 5.56 Å². The van der Waals surface area contributed by atoms with Crippen LogP contribution in [0, 0.1) is 10.6 Å². The van der Waals surface area contributed by atoms with Gasteiger partial charge in [0.15, 0.2) is 4.77 Å². The zero-order valence-electron chi connectivity index (χ0n) is 14.6. The van der Waals surface area contributed by atoms with Crippen molar-refractivity contribution in [3.63, 3.8) is 0 Å². The van der Waals surface area contributed by atoms with E-state index in [4.69, 9.17) is 28.6 Å². The number of aromatic amines is 1. The number of hydrogen-bond acceptors (Lipinski definition) is 5. The second-order valence-corrected chi connectivity index (χ2v) is 6.54. The summed E-state index contributed by atoms with van der Waals surface area (Å²) in [6.07, 6.45) is 1.26. The van der Waals surface area contributed by atoms with Crippen LogP contribution in [0.5, 0.6) is 11.6 Å². The summed E-state index contributed by atoms with van der Waals surface area (Å²) < 4.78 is 19.6. The Bertz CT molecular complexity index is 1160. The van der Waals surface area contributed by atoms with E-state index in [2.05, 4.69) is 9.98 Å². The summed E-state index contributed by atoms with van der Waals surface area (Å²) in [5.74, 6) is -0.307. The molecule has 2 aromatic carbocycles. The predicted molar refractivity (Wildman–Crippen MR) is 108 cm³/mol. The molecule has 0 fully saturated rings. The molecule has 0 bridgehead atoms. The van der Waals surface area contributed by atoms with E-state index in [1.165, 1.54) is 22.9 Å². The lowest BCUT2D eigenvalue weighted by Crippen LogP contribution is -2.18. The lowest BCUT2D eigenvalue weighted by atomic mass is 10.2. The summed E-state index contributed by atoms with van der Waals surface area (Å²) in [4.78, 5) is 18.9. The molecule has 1 heterocycles. The number of benzene rings is 2. The van der Waals surface area contributed by atoms with Gasteiger partial charge in [0, 0.05) is 6.21 Å². The first-order valence-corrected chi connectivity index (χ1v) is 8.86. The molecule has 0 unspecified atom stereocenters. The first-order chi connectivity index (χ1) is 13.4. The molecule has 0 aliphatic heterocycles. The van der Waals surface area contributed by atoms with Gasteiger partial charge in [-0.25, -0.2) is 4.39 Å². The van der Waals surface area contributed by atoms with Crippen LogP contribution in [0.2, 0.25) is 5.02 Å². The maximum atomic E-state index is 13.4. The Morgan fingerprint density at radius 3 is 2.68 bits per heavy atom. The largest absolute Gasteiger partial charge is 0.497 e. The van der Waals surface area contributed by atoms with E-state index in [9.17, 15) is 14.3 Å². The van der Waals surface area contributed by atoms with Gasteiger partial charge in [-0.1, -0.05) is 23.7 Å². The Balaban J connectivity index is 1.95. The summed E-state index contributed by atoms with van der Waals surface area (Å²) in [6.45, 7) is 0.293. The van der Waals surface area contributed by atoms with E-state index < -0.39 is 17.3 Å². The van der Waals surface area contributed by atoms with E-state index >= 15 is 0 Å². The van der Waals surface area contributed by atoms with Crippen LogP contribution in [0.15, 0.2) is 52.3 Å². The molecule has 0 spiro atoms. The number of methoxy groups -OCH3 is 1. The van der Waals surface area contributed by atoms with Crippen LogP contribution >= 0.6 is 23.8 Å². The van der Waals surface area contributed by atoms with Crippen LogP contribution in [0.1, 0.15) is 11.1 Å². The fourth-order valence-corrected chi connectivity index (χ4v) is 2.95. The summed E-state index contributed by atoms with van der Waals surface area (Å²) in [5, 5.41) is 10.4. The molecule has 28 heavy (non-hydrogen) atoms. The average Bonchev–Trinajstić information content (AvgIpc) is 2.67. The van der Waals surface area contributed by atoms with Crippen molar-refractivity contribution in [1.29, 1.82) is 0 Å². The molecule has 9 heteroatoms. The summed E-state index contributed by atoms with van der Waals surface area (Å²) >= 11 is 10.9. The van der Waals surface area contributed by atoms with Gasteiger partial charge in [0.2, 0.25) is 5.88 Å². The second kappa shape index (κ2) is 8.37. The number of nitrogens with one attached hydrogen (secondary N) is 1. The summed E-state index contributed by atoms with van der Waals surface area (Å²) in [5.41, 5.74) is 0.522. The molecule has 3 rings (SSSR count). The molecular formula is C19H15ClFN3O3S. The lowest BCUT2D eigenvalue weighted by molar-refractivity contribution is 0.414. The van der Waals surface area contributed by atoms with Gasteiger partial charge in [-0.2, -0.15) is 0 Å². The standard InChI is InChI=1S/C19H15ClFN3O3S/c1-27-13-5-2-11(3-6-13)9-22-10-14-17(25)23-19(28)24(18(14)26)12-4-7-16(21)15(20)8-12/h2-8,10,26H,9H2,1H3,(H,23,25,28). The number of ether oxygens (including phenoxy) is 1. The van der Waals surface area contributed by atoms with Crippen molar-refractivity contribution in [2.75, 3.05) is 7.11 Å². The van der Waals surface area contributed by atoms with Gasteiger partial charge < -0.3 is 9.84 Å². The van der Waals surface area contributed by atoms with Crippen LogP contribution < -0.4 is 10.3 Å². The van der Waals surface area contributed by atoms with Crippen molar-refractivity contribution in [2.45, 2.75) is 6.54 Å². The topological polar surface area (TPSA) is 79.6 Å². The predicted octanol–water partition coefficient (Wildman–Crippen LogP) is 4.02. The molecule has 0 aliphatic carbocycles. The number of hydrogen-bond donors (Lipinski definition) is 2. The van der Waals surface area contributed by atoms with Crippen molar-refractivity contribution in [2.24, 2.45) is 4.99 Å². The van der Waals surface area contributed by atoms with Crippen LogP contribution in [-0.2, 0) is 6.54 Å². The quantitative estimate of drug-likeness (QED) is 0.483. The van der Waals surface area contributed by atoms with Crippen LogP contribution in [0.4, 0.5) is 4.39 Å². The first kappa shape index (κ1) is 19.8. The molecule has 144 valence electrons. The fourth-order valence-electron chi connectivity index (χ4n) is 2.49. The number of aliphatic imine (C=N–C) groups is 1. The van der Waals surface area contributed by atoms with Crippen molar-refractivity contribution in [3.8, 4) is 17.3 Å². The molecule has 0 amide bonds. The minimum Gasteiger partial charge on any atom is -0.497 e. The SMILES string of the molecule is COc1ccc(CN=Cc2c(O)n(-c3ccc(F)c(Cl)c3)c(=S)[nH]c2=O)cc1. The molecule has 0 saturated heterocycles. The van der Waals surface area contributed by atoms with E-state index in [-0.39, 0.29) is 15.4 Å². The van der Waals surface area contributed by atoms with Gasteiger partial charge in [-0.05, 0) is 48.1 Å². The average molecular weight is 420 g/mol. The molecule has 0 atom stereocenters. The monoisotopic (exact) mass is 419 g/mol. The molecular weight excluding hydrogens is 405 g/mol. The first-order valence-electron chi connectivity index (χ1n) is 8.07. The van der Waals surface area contributed by atoms with Crippen LogP contribution in [-0.4, -0.2) is 28.0 Å². The van der Waals surface area contributed by atoms with Crippen molar-refractivity contribution < 1.29 is 14.2 Å². The van der Waals surface area contributed by atoms with Crippen molar-refractivity contribution >= 4 is 30.0 Å². The highest BCUT2D eigenvalue weighted by atomic mass is 35.5. The fraction of sp³-hybridized carbons (Fsp3) is 0.105. The molecule has 1 aromatic heterocycles. The Kier molecular flexibility index (Phi) is 5.91. The van der Waals surface area contributed by atoms with Gasteiger partial charge in [0.05, 0.1) is 24.4 Å². The van der Waals surface area contributed by atoms with E-state index in [1.54, 1.807) is 19.2 Å². The third-order valence-electron chi connectivity index (χ3n) is 3.94. The minimum atomic E-state index is -0.609. The highest BCUT2D eigenvalue weighted by Crippen LogP contribution is 2.23. The Labute approximate surface area is 169 Å².